The number of fused-ring (bicyclic) bond motifs is 2. The van der Waals surface area contributed by atoms with E-state index in [1.54, 1.807) is 0 Å². The van der Waals surface area contributed by atoms with Crippen LogP contribution in [-0.4, -0.2) is 16.5 Å². The Hall–Kier alpha value is -4.83. The molecule has 7 rings (SSSR count). The topological polar surface area (TPSA) is 21.1 Å². The summed E-state index contributed by atoms with van der Waals surface area (Å²) in [7, 11) is 0. The maximum absolute atomic E-state index is 4.71. The summed E-state index contributed by atoms with van der Waals surface area (Å²) < 4.78 is 2.03. The van der Waals surface area contributed by atoms with Crippen molar-refractivity contribution in [2.24, 2.45) is 0 Å². The van der Waals surface area contributed by atoms with Gasteiger partial charge in [-0.3, -0.25) is 0 Å². The van der Waals surface area contributed by atoms with Crippen molar-refractivity contribution >= 4 is 40.2 Å². The minimum atomic E-state index is 0.135. The Balaban J connectivity index is 1.53. The van der Waals surface area contributed by atoms with Crippen LogP contribution in [0.2, 0.25) is 0 Å². The summed E-state index contributed by atoms with van der Waals surface area (Å²) in [5, 5.41) is 4.71. The van der Waals surface area contributed by atoms with E-state index in [0.717, 1.165) is 16.9 Å². The normalized spacial score (nSPS) is 12.3. The highest BCUT2D eigenvalue weighted by atomic mass is 15.3. The largest absolute Gasteiger partial charge is 0.311 e. The highest BCUT2D eigenvalue weighted by Crippen LogP contribution is 2.41. The van der Waals surface area contributed by atoms with Gasteiger partial charge in [-0.1, -0.05) is 102 Å². The maximum atomic E-state index is 4.71. The Labute approximate surface area is 242 Å². The second-order valence-corrected chi connectivity index (χ2v) is 11.1. The molecule has 1 aliphatic rings. The molecule has 3 nitrogen and oxygen atoms in total. The Morgan fingerprint density at radius 3 is 1.93 bits per heavy atom. The van der Waals surface area contributed by atoms with Gasteiger partial charge in [0.05, 0.1) is 23.3 Å². The maximum Gasteiger partial charge on any atom is 0.247 e. The van der Waals surface area contributed by atoms with Crippen LogP contribution in [0.1, 0.15) is 22.3 Å². The number of rotatable bonds is 4. The molecule has 0 N–H and O–H groups in total. The van der Waals surface area contributed by atoms with Gasteiger partial charge in [-0.25, -0.2) is 4.68 Å². The molecule has 0 spiro atoms. The molecule has 0 bridgehead atoms. The number of aryl methyl sites for hydroxylation is 4. The quantitative estimate of drug-likeness (QED) is 0.228. The van der Waals surface area contributed by atoms with Crippen LogP contribution in [0.4, 0.5) is 17.1 Å². The van der Waals surface area contributed by atoms with Gasteiger partial charge in [0, 0.05) is 16.9 Å². The molecular formula is C37H32BN3. The summed E-state index contributed by atoms with van der Waals surface area (Å²) in [5.41, 5.74) is 16.2. The molecule has 1 aromatic heterocycles. The molecule has 0 fully saturated rings. The molecule has 0 aliphatic carbocycles. The van der Waals surface area contributed by atoms with E-state index < -0.39 is 0 Å². The van der Waals surface area contributed by atoms with Crippen LogP contribution in [0.5, 0.6) is 0 Å². The van der Waals surface area contributed by atoms with Crippen LogP contribution in [0.15, 0.2) is 121 Å². The standard InChI is InChI=1S/C37H32BN3/c1-25-12-10-13-26(2)36(25)38-31-18-8-9-19-34(31)40(37-27(3)14-11-15-28(37)4)35-24-29(20-21-32(35)38)33-22-23-39-41(33)30-16-6-5-7-17-30/h5-24H,1-4H3. The van der Waals surface area contributed by atoms with E-state index in [-0.39, 0.29) is 6.71 Å². The first-order chi connectivity index (χ1) is 20.0. The summed E-state index contributed by atoms with van der Waals surface area (Å²) in [6.45, 7) is 9.06. The number of para-hydroxylation sites is 3. The molecular weight excluding hydrogens is 497 g/mol. The summed E-state index contributed by atoms with van der Waals surface area (Å²) in [6.07, 6.45) is 1.89. The third-order valence-electron chi connectivity index (χ3n) is 8.50. The van der Waals surface area contributed by atoms with Crippen LogP contribution in [0.3, 0.4) is 0 Å². The molecule has 4 heteroatoms. The van der Waals surface area contributed by atoms with E-state index in [4.69, 9.17) is 5.10 Å². The first kappa shape index (κ1) is 25.2. The number of hydrogen-bond acceptors (Lipinski definition) is 2. The van der Waals surface area contributed by atoms with Gasteiger partial charge in [0.2, 0.25) is 6.71 Å². The number of anilines is 3. The monoisotopic (exact) mass is 529 g/mol. The zero-order chi connectivity index (χ0) is 28.1. The molecule has 41 heavy (non-hydrogen) atoms. The number of hydrogen-bond donors (Lipinski definition) is 0. The molecule has 2 heterocycles. The van der Waals surface area contributed by atoms with Crippen molar-refractivity contribution in [3.8, 4) is 16.9 Å². The summed E-state index contributed by atoms with van der Waals surface area (Å²) in [5.74, 6) is 0. The lowest BCUT2D eigenvalue weighted by Crippen LogP contribution is -2.58. The predicted molar refractivity (Wildman–Crippen MR) is 174 cm³/mol. The van der Waals surface area contributed by atoms with Crippen LogP contribution in [-0.2, 0) is 0 Å². The molecule has 6 aromatic rings. The van der Waals surface area contributed by atoms with Gasteiger partial charge >= 0.3 is 0 Å². The van der Waals surface area contributed by atoms with Gasteiger partial charge in [0.1, 0.15) is 0 Å². The van der Waals surface area contributed by atoms with Gasteiger partial charge in [-0.05, 0) is 80.1 Å². The van der Waals surface area contributed by atoms with Crippen molar-refractivity contribution in [3.05, 3.63) is 144 Å². The van der Waals surface area contributed by atoms with Crippen LogP contribution < -0.4 is 21.3 Å². The lowest BCUT2D eigenvalue weighted by Gasteiger charge is -2.39. The molecule has 0 radical (unpaired) electrons. The average molecular weight is 529 g/mol. The average Bonchev–Trinajstić information content (AvgIpc) is 3.48. The fourth-order valence-electron chi connectivity index (χ4n) is 6.66. The molecule has 5 aromatic carbocycles. The first-order valence-corrected chi connectivity index (χ1v) is 14.3. The molecule has 198 valence electrons. The molecule has 0 saturated heterocycles. The van der Waals surface area contributed by atoms with E-state index in [2.05, 4.69) is 142 Å². The summed E-state index contributed by atoms with van der Waals surface area (Å²) in [4.78, 5) is 2.49. The Morgan fingerprint density at radius 1 is 0.561 bits per heavy atom. The summed E-state index contributed by atoms with van der Waals surface area (Å²) in [6, 6.07) is 41.6. The van der Waals surface area contributed by atoms with Gasteiger partial charge in [0.15, 0.2) is 0 Å². The van der Waals surface area contributed by atoms with E-state index in [9.17, 15) is 0 Å². The second-order valence-electron chi connectivity index (χ2n) is 11.1. The van der Waals surface area contributed by atoms with Crippen LogP contribution in [0.25, 0.3) is 16.9 Å². The Kier molecular flexibility index (Phi) is 6.12. The van der Waals surface area contributed by atoms with Crippen molar-refractivity contribution < 1.29 is 0 Å². The predicted octanol–water partition coefficient (Wildman–Crippen LogP) is 7.07. The summed E-state index contributed by atoms with van der Waals surface area (Å²) >= 11 is 0. The first-order valence-electron chi connectivity index (χ1n) is 14.3. The Bertz CT molecular complexity index is 1860. The third kappa shape index (κ3) is 4.10. The molecule has 1 aliphatic heterocycles. The smallest absolute Gasteiger partial charge is 0.247 e. The SMILES string of the molecule is Cc1cccc(C)c1B1c2ccccc2N(c2c(C)cccc2C)c2cc(-c3ccnn3-c3ccccc3)ccc21. The van der Waals surface area contributed by atoms with E-state index >= 15 is 0 Å². The van der Waals surface area contributed by atoms with E-state index in [0.29, 0.717) is 0 Å². The Morgan fingerprint density at radius 2 is 1.20 bits per heavy atom. The fraction of sp³-hybridized carbons (Fsp3) is 0.108. The van der Waals surface area contributed by atoms with Crippen molar-refractivity contribution in [1.29, 1.82) is 0 Å². The lowest BCUT2D eigenvalue weighted by atomic mass is 9.34. The van der Waals surface area contributed by atoms with Crippen molar-refractivity contribution in [3.63, 3.8) is 0 Å². The molecule has 0 amide bonds. The minimum absolute atomic E-state index is 0.135. The van der Waals surface area contributed by atoms with Crippen molar-refractivity contribution in [2.75, 3.05) is 4.90 Å². The lowest BCUT2D eigenvalue weighted by molar-refractivity contribution is 0.888. The van der Waals surface area contributed by atoms with Gasteiger partial charge in [0.25, 0.3) is 0 Å². The molecule has 0 unspecified atom stereocenters. The van der Waals surface area contributed by atoms with Gasteiger partial charge in [-0.15, -0.1) is 0 Å². The van der Waals surface area contributed by atoms with E-state index in [1.807, 2.05) is 16.9 Å². The molecule has 0 saturated carbocycles. The van der Waals surface area contributed by atoms with Crippen molar-refractivity contribution in [2.45, 2.75) is 27.7 Å². The van der Waals surface area contributed by atoms with Crippen LogP contribution in [0, 0.1) is 27.7 Å². The van der Waals surface area contributed by atoms with Crippen molar-refractivity contribution in [1.82, 2.24) is 9.78 Å². The number of aromatic nitrogens is 2. The number of nitrogens with zero attached hydrogens (tertiary/aromatic N) is 3. The molecule has 0 atom stereocenters. The fourth-order valence-corrected chi connectivity index (χ4v) is 6.66. The highest BCUT2D eigenvalue weighted by molar-refractivity contribution is 6.98. The zero-order valence-corrected chi connectivity index (χ0v) is 24.0. The minimum Gasteiger partial charge on any atom is -0.311 e. The number of benzene rings is 5. The third-order valence-corrected chi connectivity index (χ3v) is 8.50. The van der Waals surface area contributed by atoms with Gasteiger partial charge in [-0.2, -0.15) is 5.10 Å². The van der Waals surface area contributed by atoms with E-state index in [1.165, 1.54) is 55.7 Å². The zero-order valence-electron chi connectivity index (χ0n) is 24.0. The van der Waals surface area contributed by atoms with Crippen LogP contribution >= 0.6 is 0 Å². The second kappa shape index (κ2) is 9.98. The van der Waals surface area contributed by atoms with Gasteiger partial charge < -0.3 is 4.90 Å². The highest BCUT2D eigenvalue weighted by Gasteiger charge is 2.37.